The summed E-state index contributed by atoms with van der Waals surface area (Å²) in [7, 11) is 3.12. The third-order valence-corrected chi connectivity index (χ3v) is 8.18. The fraction of sp³-hybridized carbons (Fsp3) is 0.452. The number of nitrogens with zero attached hydrogens (tertiary/aromatic N) is 3. The lowest BCUT2D eigenvalue weighted by molar-refractivity contribution is -0.142. The molecule has 0 unspecified atom stereocenters. The van der Waals surface area contributed by atoms with E-state index in [1.165, 1.54) is 19.5 Å². The molecule has 0 saturated carbocycles. The van der Waals surface area contributed by atoms with Gasteiger partial charge in [0.05, 0.1) is 36.0 Å². The minimum Gasteiger partial charge on any atom is -0.494 e. The average molecular weight is 646 g/mol. The molecule has 1 fully saturated rings. The number of likely N-dealkylation sites (tertiary alicyclic amines) is 1. The molecule has 242 valence electrons. The summed E-state index contributed by atoms with van der Waals surface area (Å²) >= 11 is 5.74. The van der Waals surface area contributed by atoms with Crippen LogP contribution < -0.4 is 26.0 Å². The first-order valence-corrected chi connectivity index (χ1v) is 14.9. The fourth-order valence-corrected chi connectivity index (χ4v) is 5.22. The van der Waals surface area contributed by atoms with Crippen LogP contribution in [0.5, 0.6) is 5.75 Å². The Morgan fingerprint density at radius 3 is 2.53 bits per heavy atom. The van der Waals surface area contributed by atoms with Crippen molar-refractivity contribution in [3.8, 4) is 5.75 Å². The molecule has 3 aromatic rings. The van der Waals surface area contributed by atoms with Crippen molar-refractivity contribution in [3.05, 3.63) is 47.2 Å². The van der Waals surface area contributed by atoms with E-state index in [4.69, 9.17) is 16.3 Å². The molecule has 2 heterocycles. The van der Waals surface area contributed by atoms with Gasteiger partial charge < -0.3 is 30.9 Å². The van der Waals surface area contributed by atoms with Crippen LogP contribution >= 0.6 is 11.6 Å². The predicted octanol–water partition coefficient (Wildman–Crippen LogP) is 4.63. The number of piperidine rings is 1. The van der Waals surface area contributed by atoms with Crippen molar-refractivity contribution in [2.24, 2.45) is 11.3 Å². The first-order chi connectivity index (χ1) is 21.2. The Labute approximate surface area is 265 Å². The number of carbonyl (C=O) groups is 3. The number of hydrogen-bond donors (Lipinski definition) is 4. The molecular weight excluding hydrogens is 608 g/mol. The van der Waals surface area contributed by atoms with Gasteiger partial charge in [-0.05, 0) is 50.4 Å². The number of aromatic nitrogens is 2. The fourth-order valence-electron chi connectivity index (χ4n) is 5.06. The van der Waals surface area contributed by atoms with Crippen LogP contribution in [0.1, 0.15) is 40.5 Å². The topological polar surface area (TPSA) is 138 Å². The summed E-state index contributed by atoms with van der Waals surface area (Å²) in [5, 5.41) is 11.3. The minimum absolute atomic E-state index is 0.0973. The van der Waals surface area contributed by atoms with Crippen LogP contribution in [0.3, 0.4) is 0 Å². The number of halogens is 3. The zero-order valence-electron chi connectivity index (χ0n) is 26.1. The van der Waals surface area contributed by atoms with Gasteiger partial charge in [0, 0.05) is 24.5 Å². The van der Waals surface area contributed by atoms with Gasteiger partial charge in [-0.2, -0.15) is 0 Å². The summed E-state index contributed by atoms with van der Waals surface area (Å²) in [4.78, 5) is 50.0. The number of fused-ring (bicyclic) bond motifs is 1. The zero-order chi connectivity index (χ0) is 33.1. The number of likely N-dealkylation sites (N-methyl/N-ethyl adjacent to an activating group) is 1. The van der Waals surface area contributed by atoms with Crippen molar-refractivity contribution in [2.45, 2.75) is 52.6 Å². The van der Waals surface area contributed by atoms with Gasteiger partial charge in [0.25, 0.3) is 0 Å². The number of nitrogens with one attached hydrogen (secondary N) is 4. The highest BCUT2D eigenvalue weighted by Gasteiger charge is 2.39. The van der Waals surface area contributed by atoms with Gasteiger partial charge in [-0.15, -0.1) is 0 Å². The number of hydrogen-bond acceptors (Lipinski definition) is 8. The van der Waals surface area contributed by atoms with Crippen LogP contribution in [0.4, 0.5) is 26.0 Å². The number of benzene rings is 2. The molecule has 1 aliphatic rings. The Hall–Kier alpha value is -4.10. The highest BCUT2D eigenvalue weighted by molar-refractivity contribution is 6.31. The van der Waals surface area contributed by atoms with Crippen molar-refractivity contribution < 1.29 is 27.9 Å². The molecular formula is C31H38ClF2N7O4. The summed E-state index contributed by atoms with van der Waals surface area (Å²) < 4.78 is 33.8. The number of methoxy groups -OCH3 is 1. The van der Waals surface area contributed by atoms with Crippen LogP contribution in [-0.4, -0.2) is 71.9 Å². The first-order valence-electron chi connectivity index (χ1n) is 14.6. The molecule has 45 heavy (non-hydrogen) atoms. The second kappa shape index (κ2) is 13.9. The van der Waals surface area contributed by atoms with Crippen molar-refractivity contribution in [1.29, 1.82) is 0 Å². The van der Waals surface area contributed by atoms with Gasteiger partial charge in [0.2, 0.25) is 17.7 Å². The van der Waals surface area contributed by atoms with Crippen LogP contribution in [0.15, 0.2) is 30.6 Å². The molecule has 0 radical (unpaired) electrons. The molecule has 14 heteroatoms. The van der Waals surface area contributed by atoms with Gasteiger partial charge in [-0.25, -0.2) is 18.7 Å². The lowest BCUT2D eigenvalue weighted by Crippen LogP contribution is -2.59. The van der Waals surface area contributed by atoms with E-state index in [9.17, 15) is 23.2 Å². The number of anilines is 3. The highest BCUT2D eigenvalue weighted by atomic mass is 35.5. The molecule has 3 amide bonds. The largest absolute Gasteiger partial charge is 0.494 e. The number of amides is 3. The minimum atomic E-state index is -0.980. The molecule has 0 bridgehead atoms. The zero-order valence-corrected chi connectivity index (χ0v) is 26.8. The van der Waals surface area contributed by atoms with Crippen molar-refractivity contribution in [2.75, 3.05) is 37.9 Å². The summed E-state index contributed by atoms with van der Waals surface area (Å²) in [6, 6.07) is 4.17. The first kappa shape index (κ1) is 33.8. The standard InChI is InChI=1S/C31H38ClF2N7O4/c1-16(35-5)28(42)40-26(31(2,3)4)30(44)41-11-7-8-17(14-41)29(43)39-22-12-18-21(13-23(22)45-6)36-15-37-27(18)38-20-10-9-19(33)24(32)25(20)34/h9-10,12-13,15-17,26,35H,7-8,11,14H2,1-6H3,(H,39,43)(H,40,42)(H,36,37,38)/t16-,17-,26+/m0/s1. The molecule has 3 atom stereocenters. The van der Waals surface area contributed by atoms with E-state index < -0.39 is 40.1 Å². The van der Waals surface area contributed by atoms with E-state index in [0.717, 1.165) is 6.07 Å². The maximum Gasteiger partial charge on any atom is 0.245 e. The van der Waals surface area contributed by atoms with Crippen LogP contribution in [0, 0.1) is 23.0 Å². The second-order valence-corrected chi connectivity index (χ2v) is 12.4. The molecule has 11 nitrogen and oxygen atoms in total. The molecule has 4 rings (SSSR count). The van der Waals surface area contributed by atoms with E-state index in [0.29, 0.717) is 41.7 Å². The molecule has 4 N–H and O–H groups in total. The van der Waals surface area contributed by atoms with Gasteiger partial charge >= 0.3 is 0 Å². The maximum atomic E-state index is 14.6. The SMILES string of the molecule is CN[C@@H](C)C(=O)N[C@H](C(=O)N1CCC[C@H](C(=O)Nc2cc3c(Nc4ccc(F)c(Cl)c4F)ncnc3cc2OC)C1)C(C)(C)C. The van der Waals surface area contributed by atoms with Gasteiger partial charge in [0.1, 0.15) is 34.8 Å². The second-order valence-electron chi connectivity index (χ2n) is 12.1. The van der Waals surface area contributed by atoms with Gasteiger partial charge in [0.15, 0.2) is 5.82 Å². The average Bonchev–Trinajstić information content (AvgIpc) is 3.02. The molecule has 0 aliphatic carbocycles. The van der Waals surface area contributed by atoms with Crippen LogP contribution in [0.2, 0.25) is 5.02 Å². The quantitative estimate of drug-likeness (QED) is 0.247. The summed E-state index contributed by atoms with van der Waals surface area (Å²) in [6.45, 7) is 7.99. The van der Waals surface area contributed by atoms with E-state index in [-0.39, 0.29) is 35.8 Å². The van der Waals surface area contributed by atoms with Crippen molar-refractivity contribution >= 4 is 57.4 Å². The highest BCUT2D eigenvalue weighted by Crippen LogP contribution is 2.35. The van der Waals surface area contributed by atoms with Gasteiger partial charge in [-0.3, -0.25) is 14.4 Å². The molecule has 1 aromatic heterocycles. The Balaban J connectivity index is 1.56. The molecule has 0 spiro atoms. The van der Waals surface area contributed by atoms with Crippen LogP contribution in [-0.2, 0) is 14.4 Å². The van der Waals surface area contributed by atoms with E-state index in [2.05, 4.69) is 31.2 Å². The van der Waals surface area contributed by atoms with Crippen molar-refractivity contribution in [3.63, 3.8) is 0 Å². The number of rotatable bonds is 9. The molecule has 1 aliphatic heterocycles. The lowest BCUT2D eigenvalue weighted by atomic mass is 9.84. The molecule has 2 aromatic carbocycles. The lowest BCUT2D eigenvalue weighted by Gasteiger charge is -2.38. The Bertz CT molecular complexity index is 1600. The summed E-state index contributed by atoms with van der Waals surface area (Å²) in [6.07, 6.45) is 2.42. The predicted molar refractivity (Wildman–Crippen MR) is 169 cm³/mol. The monoisotopic (exact) mass is 645 g/mol. The van der Waals surface area contributed by atoms with E-state index in [1.807, 2.05) is 20.8 Å². The number of ether oxygens (including phenoxy) is 1. The van der Waals surface area contributed by atoms with Crippen LogP contribution in [0.25, 0.3) is 10.9 Å². The van der Waals surface area contributed by atoms with Gasteiger partial charge in [-0.1, -0.05) is 32.4 Å². The van der Waals surface area contributed by atoms with E-state index in [1.54, 1.807) is 31.0 Å². The number of carbonyl (C=O) groups excluding carboxylic acids is 3. The normalized spacial score (nSPS) is 16.6. The Kier molecular flexibility index (Phi) is 10.4. The Morgan fingerprint density at radius 2 is 1.87 bits per heavy atom. The third-order valence-electron chi connectivity index (χ3n) is 7.83. The smallest absolute Gasteiger partial charge is 0.245 e. The Morgan fingerprint density at radius 1 is 1.13 bits per heavy atom. The third kappa shape index (κ3) is 7.59. The maximum absolute atomic E-state index is 14.6. The summed E-state index contributed by atoms with van der Waals surface area (Å²) in [5.74, 6) is -2.75. The van der Waals surface area contributed by atoms with E-state index >= 15 is 0 Å². The molecule has 1 saturated heterocycles. The summed E-state index contributed by atoms with van der Waals surface area (Å²) in [5.41, 5.74) is 0.0899. The van der Waals surface area contributed by atoms with Crippen molar-refractivity contribution in [1.82, 2.24) is 25.5 Å².